The normalized spacial score (nSPS) is 16.7. The summed E-state index contributed by atoms with van der Waals surface area (Å²) >= 11 is 0. The second kappa shape index (κ2) is 6.86. The van der Waals surface area contributed by atoms with Crippen LogP contribution in [0.2, 0.25) is 0 Å². The Morgan fingerprint density at radius 3 is 2.82 bits per heavy atom. The molecule has 0 saturated carbocycles. The Labute approximate surface area is 163 Å². The highest BCUT2D eigenvalue weighted by atomic mass is 16.7. The number of fused-ring (bicyclic) bond motifs is 2. The summed E-state index contributed by atoms with van der Waals surface area (Å²) in [5.41, 5.74) is 4.12. The van der Waals surface area contributed by atoms with E-state index in [0.29, 0.717) is 6.42 Å². The molecule has 1 amide bonds. The van der Waals surface area contributed by atoms with Gasteiger partial charge in [-0.05, 0) is 55.2 Å². The van der Waals surface area contributed by atoms with Crippen LogP contribution in [0.5, 0.6) is 11.5 Å². The Balaban J connectivity index is 1.56. The first kappa shape index (κ1) is 17.1. The molecule has 0 bridgehead atoms. The van der Waals surface area contributed by atoms with Gasteiger partial charge in [0, 0.05) is 37.8 Å². The fourth-order valence-electron chi connectivity index (χ4n) is 4.15. The van der Waals surface area contributed by atoms with E-state index < -0.39 is 0 Å². The zero-order chi connectivity index (χ0) is 19.1. The molecule has 1 aromatic carbocycles. The lowest BCUT2D eigenvalue weighted by Gasteiger charge is -2.21. The Bertz CT molecular complexity index is 1040. The number of likely N-dealkylation sites (tertiary alicyclic amines) is 1. The molecule has 2 aliphatic heterocycles. The third-order valence-corrected chi connectivity index (χ3v) is 5.69. The largest absolute Gasteiger partial charge is 0.454 e. The van der Waals surface area contributed by atoms with Crippen LogP contribution in [0.4, 0.5) is 0 Å². The second-order valence-corrected chi connectivity index (χ2v) is 7.57. The highest BCUT2D eigenvalue weighted by Gasteiger charge is 2.27. The van der Waals surface area contributed by atoms with E-state index >= 15 is 0 Å². The molecule has 4 heterocycles. The van der Waals surface area contributed by atoms with Gasteiger partial charge in [-0.3, -0.25) is 4.79 Å². The van der Waals surface area contributed by atoms with Gasteiger partial charge >= 0.3 is 0 Å². The first-order valence-electron chi connectivity index (χ1n) is 9.80. The lowest BCUT2D eigenvalue weighted by Crippen LogP contribution is -2.29. The van der Waals surface area contributed by atoms with Crippen molar-refractivity contribution in [3.8, 4) is 11.5 Å². The maximum absolute atomic E-state index is 13.0. The van der Waals surface area contributed by atoms with Crippen LogP contribution in [0.15, 0.2) is 42.7 Å². The minimum Gasteiger partial charge on any atom is -0.454 e. The summed E-state index contributed by atoms with van der Waals surface area (Å²) in [4.78, 5) is 19.6. The van der Waals surface area contributed by atoms with Crippen molar-refractivity contribution < 1.29 is 14.3 Å². The third-order valence-electron chi connectivity index (χ3n) is 5.69. The molecule has 0 radical (unpaired) electrons. The molecule has 2 aliphatic rings. The quantitative estimate of drug-likeness (QED) is 0.698. The number of nitrogens with zero attached hydrogens (tertiary/aromatic N) is 3. The van der Waals surface area contributed by atoms with E-state index in [0.717, 1.165) is 59.9 Å². The van der Waals surface area contributed by atoms with Gasteiger partial charge in [-0.15, -0.1) is 0 Å². The molecular formula is C22H23N3O3. The van der Waals surface area contributed by atoms with E-state index in [1.165, 1.54) is 0 Å². The molecule has 3 aromatic rings. The van der Waals surface area contributed by atoms with Gasteiger partial charge in [0.25, 0.3) is 0 Å². The lowest BCUT2D eigenvalue weighted by molar-refractivity contribution is -0.130. The molecule has 6 heteroatoms. The first-order chi connectivity index (χ1) is 13.7. The number of pyridine rings is 1. The number of hydrogen-bond acceptors (Lipinski definition) is 4. The molecule has 1 atom stereocenters. The summed E-state index contributed by atoms with van der Waals surface area (Å²) in [5, 5.41) is 0. The minimum absolute atomic E-state index is 0.0969. The van der Waals surface area contributed by atoms with Crippen molar-refractivity contribution in [1.82, 2.24) is 14.3 Å². The topological polar surface area (TPSA) is 56.1 Å². The van der Waals surface area contributed by atoms with E-state index in [1.54, 1.807) is 0 Å². The van der Waals surface area contributed by atoms with Crippen LogP contribution in [-0.2, 0) is 4.79 Å². The summed E-state index contributed by atoms with van der Waals surface area (Å²) in [5.74, 6) is 1.59. The SMILES string of the molecule is Cc1ccn2c([C@H](CC(=O)N3CCCC3)c3ccc4c(c3)OCO4)cnc2c1. The van der Waals surface area contributed by atoms with Crippen LogP contribution in [-0.4, -0.2) is 40.1 Å². The average Bonchev–Trinajstić information content (AvgIpc) is 3.45. The van der Waals surface area contributed by atoms with Crippen molar-refractivity contribution in [3.05, 3.63) is 59.5 Å². The minimum atomic E-state index is -0.0969. The predicted molar refractivity (Wildman–Crippen MR) is 105 cm³/mol. The summed E-state index contributed by atoms with van der Waals surface area (Å²) in [6, 6.07) is 10.1. The monoisotopic (exact) mass is 377 g/mol. The van der Waals surface area contributed by atoms with Crippen molar-refractivity contribution in [2.75, 3.05) is 19.9 Å². The van der Waals surface area contributed by atoms with Crippen LogP contribution < -0.4 is 9.47 Å². The number of rotatable bonds is 4. The second-order valence-electron chi connectivity index (χ2n) is 7.57. The molecule has 1 saturated heterocycles. The molecule has 28 heavy (non-hydrogen) atoms. The maximum Gasteiger partial charge on any atom is 0.231 e. The fraction of sp³-hybridized carbons (Fsp3) is 0.364. The van der Waals surface area contributed by atoms with Gasteiger partial charge in [0.15, 0.2) is 11.5 Å². The number of carbonyl (C=O) groups excluding carboxylic acids is 1. The van der Waals surface area contributed by atoms with Crippen molar-refractivity contribution in [2.45, 2.75) is 32.1 Å². The van der Waals surface area contributed by atoms with E-state index in [1.807, 2.05) is 35.5 Å². The zero-order valence-electron chi connectivity index (χ0n) is 15.9. The predicted octanol–water partition coefficient (Wildman–Crippen LogP) is 3.52. The first-order valence-corrected chi connectivity index (χ1v) is 9.80. The highest BCUT2D eigenvalue weighted by Crippen LogP contribution is 2.38. The standard InChI is InChI=1S/C22H23N3O3/c1-15-6-9-25-18(13-23-21(25)10-15)17(12-22(26)24-7-2-3-8-24)16-4-5-19-20(11-16)28-14-27-19/h4-6,9-11,13,17H,2-3,7-8,12,14H2,1H3/t17-/m1/s1. The van der Waals surface area contributed by atoms with Gasteiger partial charge in [-0.2, -0.15) is 0 Å². The number of imidazole rings is 1. The number of aromatic nitrogens is 2. The number of hydrogen-bond donors (Lipinski definition) is 0. The van der Waals surface area contributed by atoms with Crippen LogP contribution in [0.25, 0.3) is 5.65 Å². The van der Waals surface area contributed by atoms with Gasteiger partial charge in [0.05, 0.1) is 5.69 Å². The summed E-state index contributed by atoms with van der Waals surface area (Å²) in [6.45, 7) is 4.02. The summed E-state index contributed by atoms with van der Waals surface area (Å²) < 4.78 is 13.1. The molecular weight excluding hydrogens is 354 g/mol. The molecule has 0 unspecified atom stereocenters. The number of amides is 1. The summed E-state index contributed by atoms with van der Waals surface area (Å²) in [7, 11) is 0. The molecule has 0 N–H and O–H groups in total. The van der Waals surface area contributed by atoms with Gasteiger partial charge in [0.1, 0.15) is 5.65 Å². The zero-order valence-corrected chi connectivity index (χ0v) is 15.9. The Morgan fingerprint density at radius 2 is 1.96 bits per heavy atom. The summed E-state index contributed by atoms with van der Waals surface area (Å²) in [6.07, 6.45) is 6.53. The molecule has 6 nitrogen and oxygen atoms in total. The third kappa shape index (κ3) is 2.99. The number of aryl methyl sites for hydroxylation is 1. The molecule has 1 fully saturated rings. The van der Waals surface area contributed by atoms with Crippen LogP contribution in [0, 0.1) is 6.92 Å². The van der Waals surface area contributed by atoms with Crippen LogP contribution in [0.3, 0.4) is 0 Å². The van der Waals surface area contributed by atoms with Gasteiger partial charge in [-0.1, -0.05) is 6.07 Å². The van der Waals surface area contributed by atoms with Gasteiger partial charge in [0.2, 0.25) is 12.7 Å². The molecule has 5 rings (SSSR count). The highest BCUT2D eigenvalue weighted by molar-refractivity contribution is 5.78. The molecule has 144 valence electrons. The Morgan fingerprint density at radius 1 is 1.14 bits per heavy atom. The van der Waals surface area contributed by atoms with Crippen molar-refractivity contribution >= 4 is 11.6 Å². The van der Waals surface area contributed by atoms with E-state index in [4.69, 9.17) is 9.47 Å². The number of carbonyl (C=O) groups is 1. The van der Waals surface area contributed by atoms with Crippen LogP contribution in [0.1, 0.15) is 42.0 Å². The van der Waals surface area contributed by atoms with Crippen molar-refractivity contribution in [1.29, 1.82) is 0 Å². The molecule has 0 spiro atoms. The number of benzene rings is 1. The van der Waals surface area contributed by atoms with Gasteiger partial charge in [-0.25, -0.2) is 4.98 Å². The van der Waals surface area contributed by atoms with Crippen molar-refractivity contribution in [3.63, 3.8) is 0 Å². The Kier molecular flexibility index (Phi) is 4.19. The molecule has 2 aromatic heterocycles. The fourth-order valence-corrected chi connectivity index (χ4v) is 4.15. The smallest absolute Gasteiger partial charge is 0.231 e. The van der Waals surface area contributed by atoms with E-state index in [2.05, 4.69) is 28.4 Å². The van der Waals surface area contributed by atoms with E-state index in [-0.39, 0.29) is 18.6 Å². The van der Waals surface area contributed by atoms with Crippen molar-refractivity contribution in [2.24, 2.45) is 0 Å². The lowest BCUT2D eigenvalue weighted by atomic mass is 9.91. The van der Waals surface area contributed by atoms with E-state index in [9.17, 15) is 4.79 Å². The van der Waals surface area contributed by atoms with Gasteiger partial charge < -0.3 is 18.8 Å². The Hall–Kier alpha value is -3.02. The number of ether oxygens (including phenoxy) is 2. The average molecular weight is 377 g/mol. The van der Waals surface area contributed by atoms with Crippen LogP contribution >= 0.6 is 0 Å². The molecule has 0 aliphatic carbocycles. The maximum atomic E-state index is 13.0.